The Morgan fingerprint density at radius 1 is 1.26 bits per heavy atom. The van der Waals surface area contributed by atoms with Crippen LogP contribution in [0.3, 0.4) is 0 Å². The third kappa shape index (κ3) is 3.83. The molecule has 1 aromatic carbocycles. The number of ether oxygens (including phenoxy) is 1. The van der Waals surface area contributed by atoms with Gasteiger partial charge in [0.05, 0.1) is 19.0 Å². The molecular weight excluding hydrogens is 238 g/mol. The van der Waals surface area contributed by atoms with Gasteiger partial charge in [0.2, 0.25) is 0 Å². The molecular formula is C15H21N3O. The van der Waals surface area contributed by atoms with E-state index in [2.05, 4.69) is 9.97 Å². The Labute approximate surface area is 114 Å². The Kier molecular flexibility index (Phi) is 3.90. The summed E-state index contributed by atoms with van der Waals surface area (Å²) >= 11 is 0. The average molecular weight is 259 g/mol. The molecule has 2 rings (SSSR count). The van der Waals surface area contributed by atoms with Crippen LogP contribution in [-0.4, -0.2) is 22.6 Å². The molecule has 0 unspecified atom stereocenters. The van der Waals surface area contributed by atoms with Gasteiger partial charge >= 0.3 is 0 Å². The highest BCUT2D eigenvalue weighted by Gasteiger charge is 2.12. The van der Waals surface area contributed by atoms with Gasteiger partial charge in [0.25, 0.3) is 0 Å². The number of aromatic nitrogens is 2. The fraction of sp³-hybridized carbons (Fsp3) is 0.400. The average Bonchev–Trinajstić information content (AvgIpc) is 2.84. The molecule has 0 atom stereocenters. The number of nitrogens with one attached hydrogen (secondary N) is 1. The summed E-state index contributed by atoms with van der Waals surface area (Å²) in [6.07, 6.45) is 3.63. The first-order chi connectivity index (χ1) is 8.98. The quantitative estimate of drug-likeness (QED) is 0.867. The van der Waals surface area contributed by atoms with Crippen molar-refractivity contribution in [2.24, 2.45) is 5.73 Å². The molecule has 0 amide bonds. The first-order valence-electron chi connectivity index (χ1n) is 6.45. The number of methoxy groups -OCH3 is 1. The number of nitrogens with zero attached hydrogens (tertiary/aromatic N) is 1. The summed E-state index contributed by atoms with van der Waals surface area (Å²) in [6.45, 7) is 4.06. The predicted molar refractivity (Wildman–Crippen MR) is 77.2 cm³/mol. The lowest BCUT2D eigenvalue weighted by atomic mass is 10.0. The van der Waals surface area contributed by atoms with E-state index in [9.17, 15) is 0 Å². The van der Waals surface area contributed by atoms with Crippen molar-refractivity contribution in [2.45, 2.75) is 32.2 Å². The number of benzene rings is 1. The van der Waals surface area contributed by atoms with Crippen LogP contribution in [0.15, 0.2) is 30.5 Å². The SMILES string of the molecule is COc1ccc(-c2cnc(CCC(C)(C)N)[nH]2)cc1. The minimum atomic E-state index is -0.160. The first-order valence-corrected chi connectivity index (χ1v) is 6.45. The molecule has 4 heteroatoms. The summed E-state index contributed by atoms with van der Waals surface area (Å²) in [4.78, 5) is 7.73. The Bertz CT molecular complexity index is 523. The van der Waals surface area contributed by atoms with Gasteiger partial charge in [-0.05, 0) is 50.1 Å². The molecule has 2 aromatic rings. The van der Waals surface area contributed by atoms with Gasteiger partial charge in [-0.2, -0.15) is 0 Å². The maximum Gasteiger partial charge on any atom is 0.118 e. The van der Waals surface area contributed by atoms with Crippen LogP contribution in [0.5, 0.6) is 5.75 Å². The Morgan fingerprint density at radius 2 is 1.95 bits per heavy atom. The smallest absolute Gasteiger partial charge is 0.118 e. The highest BCUT2D eigenvalue weighted by atomic mass is 16.5. The number of aromatic amines is 1. The van der Waals surface area contributed by atoms with Gasteiger partial charge in [-0.1, -0.05) is 0 Å². The maximum absolute atomic E-state index is 5.98. The fourth-order valence-corrected chi connectivity index (χ4v) is 1.85. The van der Waals surface area contributed by atoms with Gasteiger partial charge in [0, 0.05) is 12.0 Å². The third-order valence-corrected chi connectivity index (χ3v) is 3.04. The monoisotopic (exact) mass is 259 g/mol. The van der Waals surface area contributed by atoms with E-state index in [0.717, 1.165) is 35.7 Å². The lowest BCUT2D eigenvalue weighted by molar-refractivity contribution is 0.415. The minimum absolute atomic E-state index is 0.160. The van der Waals surface area contributed by atoms with Crippen molar-refractivity contribution < 1.29 is 4.74 Å². The molecule has 4 nitrogen and oxygen atoms in total. The van der Waals surface area contributed by atoms with E-state index in [1.165, 1.54) is 0 Å². The van der Waals surface area contributed by atoms with Crippen molar-refractivity contribution in [3.8, 4) is 17.0 Å². The summed E-state index contributed by atoms with van der Waals surface area (Å²) in [5.74, 6) is 1.83. The number of hydrogen-bond acceptors (Lipinski definition) is 3. The lowest BCUT2D eigenvalue weighted by Gasteiger charge is -2.16. The standard InChI is InChI=1S/C15H21N3O/c1-15(2,16)9-8-14-17-10-13(18-14)11-4-6-12(19-3)7-5-11/h4-7,10H,8-9,16H2,1-3H3,(H,17,18). The molecule has 1 aromatic heterocycles. The van der Waals surface area contributed by atoms with Gasteiger partial charge in [0.15, 0.2) is 0 Å². The zero-order chi connectivity index (χ0) is 13.9. The van der Waals surface area contributed by atoms with Crippen molar-refractivity contribution in [1.82, 2.24) is 9.97 Å². The number of imidazole rings is 1. The first kappa shape index (κ1) is 13.6. The summed E-state index contributed by atoms with van der Waals surface area (Å²) in [6, 6.07) is 7.92. The molecule has 0 saturated heterocycles. The molecule has 0 saturated carbocycles. The van der Waals surface area contributed by atoms with Gasteiger partial charge in [0.1, 0.15) is 11.6 Å². The zero-order valence-electron chi connectivity index (χ0n) is 11.7. The van der Waals surface area contributed by atoms with E-state index in [1.54, 1.807) is 7.11 Å². The second-order valence-electron chi connectivity index (χ2n) is 5.46. The van der Waals surface area contributed by atoms with Crippen molar-refractivity contribution in [3.05, 3.63) is 36.3 Å². The van der Waals surface area contributed by atoms with Gasteiger partial charge in [-0.25, -0.2) is 4.98 Å². The van der Waals surface area contributed by atoms with Crippen molar-refractivity contribution in [1.29, 1.82) is 0 Å². The summed E-state index contributed by atoms with van der Waals surface area (Å²) in [5, 5.41) is 0. The van der Waals surface area contributed by atoms with Crippen LogP contribution in [0, 0.1) is 0 Å². The maximum atomic E-state index is 5.98. The molecule has 0 aliphatic rings. The lowest BCUT2D eigenvalue weighted by Crippen LogP contribution is -2.32. The van der Waals surface area contributed by atoms with Crippen LogP contribution in [0.2, 0.25) is 0 Å². The second kappa shape index (κ2) is 5.45. The molecule has 0 radical (unpaired) electrons. The molecule has 0 bridgehead atoms. The van der Waals surface area contributed by atoms with Crippen LogP contribution in [0.4, 0.5) is 0 Å². The largest absolute Gasteiger partial charge is 0.497 e. The molecule has 1 heterocycles. The van der Waals surface area contributed by atoms with Crippen LogP contribution in [-0.2, 0) is 6.42 Å². The normalized spacial score (nSPS) is 11.6. The number of H-pyrrole nitrogens is 1. The molecule has 0 aliphatic carbocycles. The molecule has 0 spiro atoms. The summed E-state index contributed by atoms with van der Waals surface area (Å²) in [7, 11) is 1.66. The second-order valence-corrected chi connectivity index (χ2v) is 5.46. The van der Waals surface area contributed by atoms with Crippen molar-refractivity contribution in [3.63, 3.8) is 0 Å². The van der Waals surface area contributed by atoms with Crippen LogP contribution in [0.1, 0.15) is 26.1 Å². The molecule has 0 fully saturated rings. The number of hydrogen-bond donors (Lipinski definition) is 2. The third-order valence-electron chi connectivity index (χ3n) is 3.04. The van der Waals surface area contributed by atoms with Crippen molar-refractivity contribution in [2.75, 3.05) is 7.11 Å². The molecule has 102 valence electrons. The Hall–Kier alpha value is -1.81. The molecule has 19 heavy (non-hydrogen) atoms. The number of nitrogens with two attached hydrogens (primary N) is 1. The highest BCUT2D eigenvalue weighted by Crippen LogP contribution is 2.21. The molecule has 3 N–H and O–H groups in total. The Morgan fingerprint density at radius 3 is 2.53 bits per heavy atom. The van der Waals surface area contributed by atoms with Crippen molar-refractivity contribution >= 4 is 0 Å². The van der Waals surface area contributed by atoms with Gasteiger partial charge < -0.3 is 15.5 Å². The van der Waals surface area contributed by atoms with Crippen LogP contribution < -0.4 is 10.5 Å². The number of aryl methyl sites for hydroxylation is 1. The van der Waals surface area contributed by atoms with E-state index in [4.69, 9.17) is 10.5 Å². The number of rotatable bonds is 5. The van der Waals surface area contributed by atoms with E-state index in [-0.39, 0.29) is 5.54 Å². The topological polar surface area (TPSA) is 63.9 Å². The summed E-state index contributed by atoms with van der Waals surface area (Å²) < 4.78 is 5.15. The highest BCUT2D eigenvalue weighted by molar-refractivity contribution is 5.59. The zero-order valence-corrected chi connectivity index (χ0v) is 11.7. The van der Waals surface area contributed by atoms with E-state index < -0.39 is 0 Å². The predicted octanol–water partition coefficient (Wildman–Crippen LogP) is 2.76. The summed E-state index contributed by atoms with van der Waals surface area (Å²) in [5.41, 5.74) is 7.94. The van der Waals surface area contributed by atoms with Gasteiger partial charge in [-0.3, -0.25) is 0 Å². The van der Waals surface area contributed by atoms with Crippen LogP contribution in [0.25, 0.3) is 11.3 Å². The van der Waals surface area contributed by atoms with E-state index in [0.29, 0.717) is 0 Å². The fourth-order valence-electron chi connectivity index (χ4n) is 1.85. The van der Waals surface area contributed by atoms with Crippen LogP contribution >= 0.6 is 0 Å². The molecule has 0 aliphatic heterocycles. The van der Waals surface area contributed by atoms with Gasteiger partial charge in [-0.15, -0.1) is 0 Å². The van der Waals surface area contributed by atoms with E-state index >= 15 is 0 Å². The van der Waals surface area contributed by atoms with E-state index in [1.807, 2.05) is 44.3 Å². The Balaban J connectivity index is 2.07. The minimum Gasteiger partial charge on any atom is -0.497 e.